The molecule has 2 amide bonds. The zero-order valence-corrected chi connectivity index (χ0v) is 16.6. The van der Waals surface area contributed by atoms with Crippen LogP contribution in [-0.2, 0) is 24.1 Å². The van der Waals surface area contributed by atoms with Gasteiger partial charge in [-0.05, 0) is 55.0 Å². The van der Waals surface area contributed by atoms with Crippen molar-refractivity contribution in [3.63, 3.8) is 0 Å². The van der Waals surface area contributed by atoms with Crippen LogP contribution in [-0.4, -0.2) is 11.8 Å². The van der Waals surface area contributed by atoms with Gasteiger partial charge in [-0.2, -0.15) is 0 Å². The lowest BCUT2D eigenvalue weighted by Gasteiger charge is -2.10. The van der Waals surface area contributed by atoms with Crippen molar-refractivity contribution in [2.75, 3.05) is 10.6 Å². The van der Waals surface area contributed by atoms with Crippen LogP contribution in [0.25, 0.3) is 0 Å². The van der Waals surface area contributed by atoms with E-state index in [1.54, 1.807) is 0 Å². The van der Waals surface area contributed by atoms with E-state index in [9.17, 15) is 9.59 Å². The Hall–Kier alpha value is -2.92. The first-order valence-electron chi connectivity index (χ1n) is 9.46. The van der Waals surface area contributed by atoms with E-state index in [0.29, 0.717) is 17.0 Å². The summed E-state index contributed by atoms with van der Waals surface area (Å²) in [7, 11) is 0. The number of fused-ring (bicyclic) bond motifs is 1. The Balaban J connectivity index is 1.56. The minimum absolute atomic E-state index is 0.101. The van der Waals surface area contributed by atoms with Gasteiger partial charge in [-0.3, -0.25) is 9.59 Å². The number of aryl methyl sites for hydroxylation is 2. The second kappa shape index (κ2) is 7.98. The normalized spacial score (nSPS) is 12.5. The highest BCUT2D eigenvalue weighted by atomic mass is 32.1. The van der Waals surface area contributed by atoms with Crippen LogP contribution in [0.5, 0.6) is 0 Å². The number of benzene rings is 2. The summed E-state index contributed by atoms with van der Waals surface area (Å²) < 4.78 is 0. The lowest BCUT2D eigenvalue weighted by atomic mass is 10.1. The quantitative estimate of drug-likeness (QED) is 0.646. The zero-order valence-electron chi connectivity index (χ0n) is 15.7. The molecule has 0 saturated heterocycles. The summed E-state index contributed by atoms with van der Waals surface area (Å²) >= 11 is 1.54. The average Bonchev–Trinajstić information content (AvgIpc) is 3.23. The van der Waals surface area contributed by atoms with Gasteiger partial charge in [-0.1, -0.05) is 42.5 Å². The highest BCUT2D eigenvalue weighted by Gasteiger charge is 2.27. The van der Waals surface area contributed by atoms with E-state index in [0.717, 1.165) is 41.6 Å². The third kappa shape index (κ3) is 3.99. The van der Waals surface area contributed by atoms with Crippen molar-refractivity contribution in [2.24, 2.45) is 0 Å². The van der Waals surface area contributed by atoms with Crippen LogP contribution < -0.4 is 10.6 Å². The predicted molar refractivity (Wildman–Crippen MR) is 114 cm³/mol. The number of anilines is 2. The molecule has 0 aliphatic heterocycles. The number of thiophene rings is 1. The molecule has 2 aromatic carbocycles. The highest BCUT2D eigenvalue weighted by Crippen LogP contribution is 2.39. The van der Waals surface area contributed by atoms with Gasteiger partial charge in [-0.25, -0.2) is 0 Å². The summed E-state index contributed by atoms with van der Waals surface area (Å²) in [5.41, 5.74) is 4.52. The summed E-state index contributed by atoms with van der Waals surface area (Å²) in [6.07, 6.45) is 3.21. The van der Waals surface area contributed by atoms with Gasteiger partial charge in [0.1, 0.15) is 5.00 Å². The molecule has 4 rings (SSSR count). The standard InChI is InChI=1S/C23H22N2O2S/c1-15-7-5-10-17(13-15)24-22(27)21-18-11-6-12-19(18)28-23(21)25-20(26)14-16-8-3-2-4-9-16/h2-5,7-10,13H,6,11-12,14H2,1H3,(H,24,27)(H,25,26). The van der Waals surface area contributed by atoms with E-state index in [4.69, 9.17) is 0 Å². The van der Waals surface area contributed by atoms with Crippen LogP contribution in [0.2, 0.25) is 0 Å². The first-order valence-corrected chi connectivity index (χ1v) is 10.3. The first-order chi connectivity index (χ1) is 13.6. The first kappa shape index (κ1) is 18.4. The number of carbonyl (C=O) groups is 2. The predicted octanol–water partition coefficient (Wildman–Crippen LogP) is 4.98. The van der Waals surface area contributed by atoms with Crippen LogP contribution in [0, 0.1) is 6.92 Å². The molecule has 1 aliphatic carbocycles. The van der Waals surface area contributed by atoms with E-state index < -0.39 is 0 Å². The Morgan fingerprint density at radius 3 is 2.61 bits per heavy atom. The number of carbonyl (C=O) groups excluding carboxylic acids is 2. The van der Waals surface area contributed by atoms with Gasteiger partial charge in [0, 0.05) is 10.6 Å². The Labute approximate surface area is 168 Å². The summed E-state index contributed by atoms with van der Waals surface area (Å²) in [6, 6.07) is 17.4. The van der Waals surface area contributed by atoms with Crippen LogP contribution in [0.4, 0.5) is 10.7 Å². The maximum absolute atomic E-state index is 13.1. The molecule has 0 saturated carbocycles. The molecule has 0 unspecified atom stereocenters. The van der Waals surface area contributed by atoms with E-state index in [1.165, 1.54) is 16.2 Å². The number of hydrogen-bond donors (Lipinski definition) is 2. The van der Waals surface area contributed by atoms with Crippen LogP contribution in [0.1, 0.15) is 38.3 Å². The maximum Gasteiger partial charge on any atom is 0.258 e. The third-order valence-electron chi connectivity index (χ3n) is 4.88. The molecule has 0 spiro atoms. The lowest BCUT2D eigenvalue weighted by molar-refractivity contribution is -0.115. The molecule has 2 N–H and O–H groups in total. The molecule has 1 heterocycles. The molecule has 1 aromatic heterocycles. The summed E-state index contributed by atoms with van der Waals surface area (Å²) in [4.78, 5) is 26.8. The van der Waals surface area contributed by atoms with Gasteiger partial charge in [0.05, 0.1) is 12.0 Å². The van der Waals surface area contributed by atoms with Crippen LogP contribution in [0.15, 0.2) is 54.6 Å². The van der Waals surface area contributed by atoms with E-state index in [1.807, 2.05) is 61.5 Å². The zero-order chi connectivity index (χ0) is 19.5. The fraction of sp³-hybridized carbons (Fsp3) is 0.217. The molecule has 3 aromatic rings. The summed E-state index contributed by atoms with van der Waals surface area (Å²) in [6.45, 7) is 1.99. The smallest absolute Gasteiger partial charge is 0.258 e. The molecule has 4 nitrogen and oxygen atoms in total. The second-order valence-corrected chi connectivity index (χ2v) is 8.20. The van der Waals surface area contributed by atoms with Crippen molar-refractivity contribution in [2.45, 2.75) is 32.6 Å². The van der Waals surface area contributed by atoms with Crippen LogP contribution >= 0.6 is 11.3 Å². The van der Waals surface area contributed by atoms with Gasteiger partial charge >= 0.3 is 0 Å². The average molecular weight is 391 g/mol. The van der Waals surface area contributed by atoms with Crippen LogP contribution in [0.3, 0.4) is 0 Å². The third-order valence-corrected chi connectivity index (χ3v) is 6.09. The Morgan fingerprint density at radius 1 is 1.00 bits per heavy atom. The molecule has 28 heavy (non-hydrogen) atoms. The SMILES string of the molecule is Cc1cccc(NC(=O)c2c(NC(=O)Cc3ccccc3)sc3c2CCC3)c1. The Bertz CT molecular complexity index is 1020. The van der Waals surface area contributed by atoms with Crippen molar-refractivity contribution >= 4 is 33.8 Å². The Morgan fingerprint density at radius 2 is 1.82 bits per heavy atom. The molecule has 1 aliphatic rings. The largest absolute Gasteiger partial charge is 0.322 e. The molecular formula is C23H22N2O2S. The molecule has 0 bridgehead atoms. The van der Waals surface area contributed by atoms with E-state index in [2.05, 4.69) is 10.6 Å². The molecular weight excluding hydrogens is 368 g/mol. The number of rotatable bonds is 5. The van der Waals surface area contributed by atoms with Crippen molar-refractivity contribution in [1.29, 1.82) is 0 Å². The second-order valence-electron chi connectivity index (χ2n) is 7.10. The van der Waals surface area contributed by atoms with Gasteiger partial charge in [0.25, 0.3) is 5.91 Å². The molecule has 5 heteroatoms. The molecule has 0 fully saturated rings. The summed E-state index contributed by atoms with van der Waals surface area (Å²) in [5, 5.41) is 6.64. The fourth-order valence-corrected chi connectivity index (χ4v) is 4.90. The number of hydrogen-bond acceptors (Lipinski definition) is 3. The highest BCUT2D eigenvalue weighted by molar-refractivity contribution is 7.17. The Kier molecular flexibility index (Phi) is 5.26. The lowest BCUT2D eigenvalue weighted by Crippen LogP contribution is -2.19. The van der Waals surface area contributed by atoms with Crippen molar-refractivity contribution in [3.8, 4) is 0 Å². The van der Waals surface area contributed by atoms with E-state index in [-0.39, 0.29) is 11.8 Å². The molecule has 142 valence electrons. The van der Waals surface area contributed by atoms with Crippen molar-refractivity contribution in [3.05, 3.63) is 81.7 Å². The van der Waals surface area contributed by atoms with Crippen molar-refractivity contribution in [1.82, 2.24) is 0 Å². The van der Waals surface area contributed by atoms with Gasteiger partial charge in [-0.15, -0.1) is 11.3 Å². The minimum Gasteiger partial charge on any atom is -0.322 e. The van der Waals surface area contributed by atoms with Gasteiger partial charge in [0.15, 0.2) is 0 Å². The molecule has 0 atom stereocenters. The summed E-state index contributed by atoms with van der Waals surface area (Å²) in [5.74, 6) is -0.254. The maximum atomic E-state index is 13.1. The minimum atomic E-state index is -0.153. The van der Waals surface area contributed by atoms with Gasteiger partial charge in [0.2, 0.25) is 5.91 Å². The van der Waals surface area contributed by atoms with Gasteiger partial charge < -0.3 is 10.6 Å². The fourth-order valence-electron chi connectivity index (χ4n) is 3.60. The number of nitrogens with one attached hydrogen (secondary N) is 2. The number of amides is 2. The molecule has 0 radical (unpaired) electrons. The monoisotopic (exact) mass is 390 g/mol. The topological polar surface area (TPSA) is 58.2 Å². The van der Waals surface area contributed by atoms with Crippen molar-refractivity contribution < 1.29 is 9.59 Å². The van der Waals surface area contributed by atoms with E-state index >= 15 is 0 Å².